The fourth-order valence-electron chi connectivity index (χ4n) is 2.70. The maximum atomic E-state index is 6.53. The lowest BCUT2D eigenvalue weighted by atomic mass is 9.91. The van der Waals surface area contributed by atoms with Crippen molar-refractivity contribution in [3.8, 4) is 11.5 Å². The molecule has 0 saturated heterocycles. The van der Waals surface area contributed by atoms with Crippen LogP contribution in [0.15, 0.2) is 6.07 Å². The van der Waals surface area contributed by atoms with Crippen LogP contribution in [0.4, 0.5) is 0 Å². The molecule has 1 aromatic carbocycles. The van der Waals surface area contributed by atoms with Gasteiger partial charge in [-0.1, -0.05) is 25.4 Å². The summed E-state index contributed by atoms with van der Waals surface area (Å²) in [4.78, 5) is 0. The molecule has 2 N–H and O–H groups in total. The summed E-state index contributed by atoms with van der Waals surface area (Å²) in [7, 11) is 0. The molecule has 19 heavy (non-hydrogen) atoms. The van der Waals surface area contributed by atoms with Crippen LogP contribution < -0.4 is 15.2 Å². The SMILES string of the molecule is CC(C)c1c(CC2(N)CC2)cc2c(c1Cl)OCCO2. The van der Waals surface area contributed by atoms with Crippen molar-refractivity contribution in [2.45, 2.75) is 44.6 Å². The highest BCUT2D eigenvalue weighted by atomic mass is 35.5. The van der Waals surface area contributed by atoms with E-state index in [1.165, 1.54) is 5.56 Å². The van der Waals surface area contributed by atoms with Crippen molar-refractivity contribution in [3.63, 3.8) is 0 Å². The monoisotopic (exact) mass is 281 g/mol. The maximum absolute atomic E-state index is 6.53. The quantitative estimate of drug-likeness (QED) is 0.925. The van der Waals surface area contributed by atoms with Crippen LogP contribution in [0.25, 0.3) is 0 Å². The Kier molecular flexibility index (Phi) is 3.14. The van der Waals surface area contributed by atoms with Crippen molar-refractivity contribution in [1.82, 2.24) is 0 Å². The van der Waals surface area contributed by atoms with Crippen molar-refractivity contribution in [2.75, 3.05) is 13.2 Å². The van der Waals surface area contributed by atoms with Crippen LogP contribution in [0.3, 0.4) is 0 Å². The summed E-state index contributed by atoms with van der Waals surface area (Å²) in [5.41, 5.74) is 8.60. The first-order valence-corrected chi connectivity index (χ1v) is 7.28. The molecule has 3 rings (SSSR count). The van der Waals surface area contributed by atoms with Gasteiger partial charge in [0.15, 0.2) is 11.5 Å². The molecule has 0 amide bonds. The minimum atomic E-state index is -0.0310. The first-order valence-electron chi connectivity index (χ1n) is 6.90. The molecule has 1 saturated carbocycles. The van der Waals surface area contributed by atoms with E-state index in [1.54, 1.807) is 0 Å². The molecule has 1 aliphatic heterocycles. The van der Waals surface area contributed by atoms with Crippen molar-refractivity contribution in [3.05, 3.63) is 22.2 Å². The fraction of sp³-hybridized carbons (Fsp3) is 0.600. The molecular formula is C15H20ClNO2. The van der Waals surface area contributed by atoms with Crippen molar-refractivity contribution in [1.29, 1.82) is 0 Å². The van der Waals surface area contributed by atoms with E-state index in [2.05, 4.69) is 19.9 Å². The molecule has 2 aliphatic rings. The number of halogens is 1. The molecule has 1 aliphatic carbocycles. The second-order valence-electron chi connectivity index (χ2n) is 5.98. The number of fused-ring (bicyclic) bond motifs is 1. The number of benzene rings is 1. The minimum absolute atomic E-state index is 0.0310. The molecule has 4 heteroatoms. The average Bonchev–Trinajstić information content (AvgIpc) is 3.06. The van der Waals surface area contributed by atoms with E-state index >= 15 is 0 Å². The summed E-state index contributed by atoms with van der Waals surface area (Å²) < 4.78 is 11.3. The predicted molar refractivity (Wildman–Crippen MR) is 76.4 cm³/mol. The van der Waals surface area contributed by atoms with Gasteiger partial charge in [-0.2, -0.15) is 0 Å². The topological polar surface area (TPSA) is 44.5 Å². The molecule has 1 heterocycles. The van der Waals surface area contributed by atoms with Crippen LogP contribution in [0.5, 0.6) is 11.5 Å². The number of rotatable bonds is 3. The minimum Gasteiger partial charge on any atom is -0.486 e. The van der Waals surface area contributed by atoms with E-state index in [-0.39, 0.29) is 5.54 Å². The van der Waals surface area contributed by atoms with Gasteiger partial charge in [-0.15, -0.1) is 0 Å². The number of ether oxygens (including phenoxy) is 2. The van der Waals surface area contributed by atoms with E-state index in [0.29, 0.717) is 29.9 Å². The molecule has 1 fully saturated rings. The Morgan fingerprint density at radius 1 is 1.32 bits per heavy atom. The van der Waals surface area contributed by atoms with E-state index in [0.717, 1.165) is 30.6 Å². The van der Waals surface area contributed by atoms with Gasteiger partial charge in [0.1, 0.15) is 13.2 Å². The Morgan fingerprint density at radius 2 is 2.00 bits per heavy atom. The lowest BCUT2D eigenvalue weighted by Crippen LogP contribution is -2.26. The molecule has 104 valence electrons. The van der Waals surface area contributed by atoms with Crippen LogP contribution in [-0.2, 0) is 6.42 Å². The smallest absolute Gasteiger partial charge is 0.180 e. The first-order chi connectivity index (χ1) is 9.00. The maximum Gasteiger partial charge on any atom is 0.180 e. The lowest BCUT2D eigenvalue weighted by Gasteiger charge is -2.25. The summed E-state index contributed by atoms with van der Waals surface area (Å²) in [6, 6.07) is 2.07. The normalized spacial score (nSPS) is 19.6. The Morgan fingerprint density at radius 3 is 2.63 bits per heavy atom. The van der Waals surface area contributed by atoms with Gasteiger partial charge < -0.3 is 15.2 Å². The standard InChI is InChI=1S/C15H20ClNO2/c1-9(2)12-10(8-15(17)3-4-15)7-11-14(13(12)16)19-6-5-18-11/h7,9H,3-6,8,17H2,1-2H3. The Labute approximate surface area is 119 Å². The van der Waals surface area contributed by atoms with Crippen molar-refractivity contribution in [2.24, 2.45) is 5.73 Å². The van der Waals surface area contributed by atoms with E-state index in [4.69, 9.17) is 26.8 Å². The highest BCUT2D eigenvalue weighted by Gasteiger charge is 2.39. The summed E-state index contributed by atoms with van der Waals surface area (Å²) in [5, 5.41) is 0.700. The Bertz CT molecular complexity index is 509. The van der Waals surface area contributed by atoms with Gasteiger partial charge >= 0.3 is 0 Å². The van der Waals surface area contributed by atoms with E-state index < -0.39 is 0 Å². The third-order valence-corrected chi connectivity index (χ3v) is 4.29. The van der Waals surface area contributed by atoms with Gasteiger partial charge in [0.05, 0.1) is 5.02 Å². The zero-order valence-electron chi connectivity index (χ0n) is 11.5. The van der Waals surface area contributed by atoms with E-state index in [1.807, 2.05) is 0 Å². The number of hydrogen-bond donors (Lipinski definition) is 1. The lowest BCUT2D eigenvalue weighted by molar-refractivity contribution is 0.171. The second kappa shape index (κ2) is 4.57. The van der Waals surface area contributed by atoms with Crippen LogP contribution >= 0.6 is 11.6 Å². The van der Waals surface area contributed by atoms with Gasteiger partial charge in [-0.25, -0.2) is 0 Å². The highest BCUT2D eigenvalue weighted by Crippen LogP contribution is 2.46. The van der Waals surface area contributed by atoms with Crippen molar-refractivity contribution >= 4 is 11.6 Å². The van der Waals surface area contributed by atoms with Crippen molar-refractivity contribution < 1.29 is 9.47 Å². The summed E-state index contributed by atoms with van der Waals surface area (Å²) >= 11 is 6.53. The fourth-order valence-corrected chi connectivity index (χ4v) is 3.18. The first kappa shape index (κ1) is 13.1. The summed E-state index contributed by atoms with van der Waals surface area (Å²) in [6.45, 7) is 5.44. The molecule has 0 spiro atoms. The van der Waals surface area contributed by atoms with Crippen LogP contribution in [0.2, 0.25) is 5.02 Å². The average molecular weight is 282 g/mol. The molecule has 0 radical (unpaired) electrons. The largest absolute Gasteiger partial charge is 0.486 e. The summed E-state index contributed by atoms with van der Waals surface area (Å²) in [6.07, 6.45) is 3.06. The van der Waals surface area contributed by atoms with Gasteiger partial charge in [0.2, 0.25) is 0 Å². The third-order valence-electron chi connectivity index (χ3n) is 3.91. The summed E-state index contributed by atoms with van der Waals surface area (Å²) in [5.74, 6) is 1.81. The van der Waals surface area contributed by atoms with Gasteiger partial charge in [0, 0.05) is 5.54 Å². The third kappa shape index (κ3) is 2.41. The molecule has 0 bridgehead atoms. The molecular weight excluding hydrogens is 262 g/mol. The Balaban J connectivity index is 2.07. The number of hydrogen-bond acceptors (Lipinski definition) is 3. The van der Waals surface area contributed by atoms with Gasteiger partial charge in [-0.3, -0.25) is 0 Å². The second-order valence-corrected chi connectivity index (χ2v) is 6.36. The zero-order chi connectivity index (χ0) is 13.6. The van der Waals surface area contributed by atoms with Crippen LogP contribution in [-0.4, -0.2) is 18.8 Å². The molecule has 0 aromatic heterocycles. The molecule has 3 nitrogen and oxygen atoms in total. The highest BCUT2D eigenvalue weighted by molar-refractivity contribution is 6.33. The number of nitrogens with two attached hydrogens (primary N) is 1. The van der Waals surface area contributed by atoms with Gasteiger partial charge in [-0.05, 0) is 42.4 Å². The van der Waals surface area contributed by atoms with E-state index in [9.17, 15) is 0 Å². The van der Waals surface area contributed by atoms with Gasteiger partial charge in [0.25, 0.3) is 0 Å². The Hall–Kier alpha value is -0.930. The zero-order valence-corrected chi connectivity index (χ0v) is 12.2. The van der Waals surface area contributed by atoms with Crippen LogP contribution in [0.1, 0.15) is 43.7 Å². The predicted octanol–water partition coefficient (Wildman–Crippen LogP) is 3.27. The molecule has 0 unspecified atom stereocenters. The molecule has 1 aromatic rings. The van der Waals surface area contributed by atoms with Crippen LogP contribution in [0, 0.1) is 0 Å². The molecule has 0 atom stereocenters.